The van der Waals surface area contributed by atoms with E-state index in [1.165, 1.54) is 7.11 Å². The van der Waals surface area contributed by atoms with E-state index < -0.39 is 6.10 Å². The van der Waals surface area contributed by atoms with Crippen LogP contribution in [0.2, 0.25) is 0 Å². The Kier molecular flexibility index (Phi) is 4.38. The maximum Gasteiger partial charge on any atom is 0.305 e. The van der Waals surface area contributed by atoms with Crippen molar-refractivity contribution in [2.24, 2.45) is 17.8 Å². The largest absolute Gasteiger partial charge is 0.469 e. The lowest BCUT2D eigenvalue weighted by Gasteiger charge is -2.25. The van der Waals surface area contributed by atoms with Gasteiger partial charge in [0.25, 0.3) is 0 Å². The second kappa shape index (κ2) is 5.83. The molecule has 2 rings (SSSR count). The normalized spacial score (nSPS) is 33.7. The lowest BCUT2D eigenvalue weighted by molar-refractivity contribution is -0.141. The maximum absolute atomic E-state index is 12.1. The maximum atomic E-state index is 12.1. The van der Waals surface area contributed by atoms with Gasteiger partial charge in [-0.25, -0.2) is 0 Å². The van der Waals surface area contributed by atoms with Gasteiger partial charge in [0.1, 0.15) is 5.78 Å². The molecule has 0 unspecified atom stereocenters. The fourth-order valence-corrected chi connectivity index (χ4v) is 3.55. The van der Waals surface area contributed by atoms with Gasteiger partial charge >= 0.3 is 5.97 Å². The Balaban J connectivity index is 1.71. The summed E-state index contributed by atoms with van der Waals surface area (Å²) in [6.07, 6.45) is 5.07. The molecule has 0 radical (unpaired) electrons. The summed E-state index contributed by atoms with van der Waals surface area (Å²) in [5, 5.41) is 10.0. The van der Waals surface area contributed by atoms with E-state index in [0.29, 0.717) is 37.5 Å². The van der Waals surface area contributed by atoms with Crippen molar-refractivity contribution in [3.8, 4) is 0 Å². The van der Waals surface area contributed by atoms with Crippen LogP contribution in [0.4, 0.5) is 0 Å². The van der Waals surface area contributed by atoms with E-state index in [1.807, 2.05) is 0 Å². The van der Waals surface area contributed by atoms with Gasteiger partial charge in [-0.3, -0.25) is 9.59 Å². The van der Waals surface area contributed by atoms with Gasteiger partial charge in [0.2, 0.25) is 0 Å². The van der Waals surface area contributed by atoms with Crippen molar-refractivity contribution in [1.82, 2.24) is 0 Å². The Bertz CT molecular complexity index is 324. The summed E-state index contributed by atoms with van der Waals surface area (Å²) in [4.78, 5) is 23.0. The van der Waals surface area contributed by atoms with Gasteiger partial charge in [0, 0.05) is 18.8 Å². The van der Waals surface area contributed by atoms with Crippen LogP contribution in [0.3, 0.4) is 0 Å². The van der Waals surface area contributed by atoms with E-state index in [1.54, 1.807) is 0 Å². The number of rotatable bonds is 6. The molecular formula is C14H22O4. The molecule has 0 saturated heterocycles. The fourth-order valence-electron chi connectivity index (χ4n) is 3.55. The van der Waals surface area contributed by atoms with Gasteiger partial charge in [-0.05, 0) is 43.9 Å². The SMILES string of the molecule is COC(=O)CCCCC(=O)[C@@H]1[C@H]2CC[C@H](C2)[C@@H]1O. The molecule has 0 aromatic heterocycles. The Morgan fingerprint density at radius 3 is 2.44 bits per heavy atom. The number of ketones is 1. The predicted molar refractivity (Wildman–Crippen MR) is 65.8 cm³/mol. The smallest absolute Gasteiger partial charge is 0.305 e. The zero-order chi connectivity index (χ0) is 13.1. The molecule has 0 aromatic rings. The van der Waals surface area contributed by atoms with Crippen molar-refractivity contribution in [3.63, 3.8) is 0 Å². The molecule has 2 aliphatic rings. The average Bonchev–Trinajstić information content (AvgIpc) is 2.94. The van der Waals surface area contributed by atoms with E-state index in [2.05, 4.69) is 4.74 Å². The highest BCUT2D eigenvalue weighted by Gasteiger charge is 2.49. The van der Waals surface area contributed by atoms with E-state index in [9.17, 15) is 14.7 Å². The number of unbranched alkanes of at least 4 members (excludes halogenated alkanes) is 1. The summed E-state index contributed by atoms with van der Waals surface area (Å²) in [7, 11) is 1.37. The van der Waals surface area contributed by atoms with Gasteiger partial charge in [0.15, 0.2) is 0 Å². The molecule has 0 aliphatic heterocycles. The second-order valence-electron chi connectivity index (χ2n) is 5.60. The van der Waals surface area contributed by atoms with E-state index >= 15 is 0 Å². The highest BCUT2D eigenvalue weighted by molar-refractivity contribution is 5.82. The monoisotopic (exact) mass is 254 g/mol. The average molecular weight is 254 g/mol. The number of carbonyl (C=O) groups is 2. The summed E-state index contributed by atoms with van der Waals surface area (Å²) in [6, 6.07) is 0. The van der Waals surface area contributed by atoms with Crippen molar-refractivity contribution >= 4 is 11.8 Å². The van der Waals surface area contributed by atoms with Crippen molar-refractivity contribution < 1.29 is 19.4 Å². The van der Waals surface area contributed by atoms with Crippen LogP contribution in [0.15, 0.2) is 0 Å². The Morgan fingerprint density at radius 2 is 1.83 bits per heavy atom. The van der Waals surface area contributed by atoms with Crippen molar-refractivity contribution in [1.29, 1.82) is 0 Å². The molecule has 2 bridgehead atoms. The number of methoxy groups -OCH3 is 1. The highest BCUT2D eigenvalue weighted by Crippen LogP contribution is 2.49. The lowest BCUT2D eigenvalue weighted by atomic mass is 9.82. The third-order valence-corrected chi connectivity index (χ3v) is 4.53. The molecule has 18 heavy (non-hydrogen) atoms. The quantitative estimate of drug-likeness (QED) is 0.579. The molecule has 2 saturated carbocycles. The highest BCUT2D eigenvalue weighted by atomic mass is 16.5. The van der Waals surface area contributed by atoms with E-state index in [4.69, 9.17) is 0 Å². The Morgan fingerprint density at radius 1 is 1.17 bits per heavy atom. The van der Waals surface area contributed by atoms with Crippen molar-refractivity contribution in [3.05, 3.63) is 0 Å². The van der Waals surface area contributed by atoms with Gasteiger partial charge in [-0.2, -0.15) is 0 Å². The first-order valence-electron chi connectivity index (χ1n) is 6.91. The van der Waals surface area contributed by atoms with Gasteiger partial charge in [-0.1, -0.05) is 0 Å². The molecule has 2 fully saturated rings. The minimum atomic E-state index is -0.406. The number of fused-ring (bicyclic) bond motifs is 2. The number of hydrogen-bond acceptors (Lipinski definition) is 4. The summed E-state index contributed by atoms with van der Waals surface area (Å²) in [5.74, 6) is 0.626. The van der Waals surface area contributed by atoms with Crippen molar-refractivity contribution in [2.75, 3.05) is 7.11 Å². The van der Waals surface area contributed by atoms with Crippen LogP contribution in [0.1, 0.15) is 44.9 Å². The minimum Gasteiger partial charge on any atom is -0.469 e. The molecule has 0 amide bonds. The number of carbonyl (C=O) groups excluding carboxylic acids is 2. The van der Waals surface area contributed by atoms with Crippen LogP contribution in [-0.4, -0.2) is 30.1 Å². The molecule has 102 valence electrons. The molecule has 2 aliphatic carbocycles. The minimum absolute atomic E-state index is 0.123. The third kappa shape index (κ3) is 2.74. The van der Waals surface area contributed by atoms with Crippen LogP contribution in [-0.2, 0) is 14.3 Å². The summed E-state index contributed by atoms with van der Waals surface area (Å²) in [5.41, 5.74) is 0. The molecule has 4 atom stereocenters. The van der Waals surface area contributed by atoms with Crippen LogP contribution in [0, 0.1) is 17.8 Å². The van der Waals surface area contributed by atoms with Gasteiger partial charge in [0.05, 0.1) is 13.2 Å². The van der Waals surface area contributed by atoms with Crippen LogP contribution in [0.25, 0.3) is 0 Å². The number of Topliss-reactive ketones (excluding diaryl/α,β-unsaturated/α-hetero) is 1. The molecule has 4 nitrogen and oxygen atoms in total. The predicted octanol–water partition coefficient (Wildman–Crippen LogP) is 1.70. The number of hydrogen-bond donors (Lipinski definition) is 1. The molecule has 0 spiro atoms. The fraction of sp³-hybridized carbons (Fsp3) is 0.857. The zero-order valence-corrected chi connectivity index (χ0v) is 10.9. The zero-order valence-electron chi connectivity index (χ0n) is 10.9. The second-order valence-corrected chi connectivity index (χ2v) is 5.60. The molecule has 0 aromatic carbocycles. The first kappa shape index (κ1) is 13.5. The van der Waals surface area contributed by atoms with Crippen LogP contribution < -0.4 is 0 Å². The molecular weight excluding hydrogens is 232 g/mol. The number of ether oxygens (including phenoxy) is 1. The van der Waals surface area contributed by atoms with Crippen molar-refractivity contribution in [2.45, 2.75) is 51.0 Å². The first-order chi connectivity index (χ1) is 8.63. The Hall–Kier alpha value is -0.900. The third-order valence-electron chi connectivity index (χ3n) is 4.53. The van der Waals surface area contributed by atoms with Gasteiger partial charge < -0.3 is 9.84 Å². The number of aliphatic hydroxyl groups is 1. The van der Waals surface area contributed by atoms with E-state index in [0.717, 1.165) is 19.3 Å². The van der Waals surface area contributed by atoms with Crippen LogP contribution >= 0.6 is 0 Å². The van der Waals surface area contributed by atoms with Gasteiger partial charge in [-0.15, -0.1) is 0 Å². The standard InChI is InChI=1S/C14H22O4/c1-18-12(16)5-3-2-4-11(15)13-9-6-7-10(8-9)14(13)17/h9-10,13-14,17H,2-8H2,1H3/t9-,10+,13-,14-/m0/s1. The summed E-state index contributed by atoms with van der Waals surface area (Å²) < 4.78 is 4.55. The lowest BCUT2D eigenvalue weighted by Crippen LogP contribution is -2.33. The summed E-state index contributed by atoms with van der Waals surface area (Å²) in [6.45, 7) is 0. The number of esters is 1. The first-order valence-corrected chi connectivity index (χ1v) is 6.91. The topological polar surface area (TPSA) is 63.6 Å². The number of aliphatic hydroxyl groups excluding tert-OH is 1. The van der Waals surface area contributed by atoms with E-state index in [-0.39, 0.29) is 17.7 Å². The Labute approximate surface area is 108 Å². The van der Waals surface area contributed by atoms with Crippen LogP contribution in [0.5, 0.6) is 0 Å². The molecule has 4 heteroatoms. The summed E-state index contributed by atoms with van der Waals surface area (Å²) >= 11 is 0. The molecule has 1 N–H and O–H groups in total. The molecule has 0 heterocycles.